The minimum absolute atomic E-state index is 0.0219. The Morgan fingerprint density at radius 3 is 2.41 bits per heavy atom. The van der Waals surface area contributed by atoms with Crippen molar-refractivity contribution in [1.82, 2.24) is 10.3 Å². The number of aliphatic hydroxyl groups is 1. The molecular weight excluding hydrogens is 410 g/mol. The molecule has 0 fully saturated rings. The van der Waals surface area contributed by atoms with Crippen LogP contribution in [0.2, 0.25) is 0 Å². The van der Waals surface area contributed by atoms with Crippen molar-refractivity contribution in [2.45, 2.75) is 20.1 Å². The number of aryl methyl sites for hydroxylation is 1. The zero-order valence-electron chi connectivity index (χ0n) is 17.3. The van der Waals surface area contributed by atoms with E-state index in [0.29, 0.717) is 16.8 Å². The molecular formula is C23H23N5O4. The van der Waals surface area contributed by atoms with Gasteiger partial charge in [0, 0.05) is 29.4 Å². The van der Waals surface area contributed by atoms with Gasteiger partial charge in [0.2, 0.25) is 0 Å². The number of hydrogen-bond donors (Lipinski definition) is 6. The van der Waals surface area contributed by atoms with E-state index < -0.39 is 18.4 Å². The number of aromatic hydroxyl groups is 1. The van der Waals surface area contributed by atoms with Gasteiger partial charge in [-0.15, -0.1) is 0 Å². The highest BCUT2D eigenvalue weighted by atomic mass is 16.3. The number of aliphatic hydroxyl groups excluding tert-OH is 1. The van der Waals surface area contributed by atoms with Crippen LogP contribution in [-0.2, 0) is 13.2 Å². The van der Waals surface area contributed by atoms with Crippen molar-refractivity contribution in [3.05, 3.63) is 88.2 Å². The molecule has 0 atom stereocenters. The smallest absolute Gasteiger partial charge is 0.255 e. The molecule has 164 valence electrons. The van der Waals surface area contributed by atoms with Crippen molar-refractivity contribution >= 4 is 23.3 Å². The molecule has 0 aliphatic carbocycles. The number of pyridine rings is 1. The molecule has 1 aromatic heterocycles. The number of hydrogen-bond acceptors (Lipinski definition) is 6. The van der Waals surface area contributed by atoms with E-state index in [2.05, 4.69) is 15.6 Å². The number of amidine groups is 1. The number of para-hydroxylation sites is 1. The number of nitrogens with two attached hydrogens (primary N) is 1. The number of rotatable bonds is 7. The summed E-state index contributed by atoms with van der Waals surface area (Å²) in [7, 11) is 0. The lowest BCUT2D eigenvalue weighted by molar-refractivity contribution is 0.0951. The average Bonchev–Trinajstić information content (AvgIpc) is 2.80. The van der Waals surface area contributed by atoms with Crippen LogP contribution in [0.15, 0.2) is 54.7 Å². The fourth-order valence-corrected chi connectivity index (χ4v) is 3.16. The largest absolute Gasteiger partial charge is 0.506 e. The minimum Gasteiger partial charge on any atom is -0.506 e. The van der Waals surface area contributed by atoms with Crippen molar-refractivity contribution in [3.8, 4) is 5.75 Å². The molecule has 3 rings (SSSR count). The van der Waals surface area contributed by atoms with Crippen LogP contribution in [0, 0.1) is 12.3 Å². The first-order valence-corrected chi connectivity index (χ1v) is 9.72. The van der Waals surface area contributed by atoms with E-state index in [1.807, 2.05) is 0 Å². The number of amides is 2. The summed E-state index contributed by atoms with van der Waals surface area (Å²) in [5.74, 6) is -1.43. The van der Waals surface area contributed by atoms with Crippen LogP contribution in [0.5, 0.6) is 5.75 Å². The molecule has 2 amide bonds. The Morgan fingerprint density at radius 1 is 1.06 bits per heavy atom. The molecule has 0 spiro atoms. The summed E-state index contributed by atoms with van der Waals surface area (Å²) in [4.78, 5) is 29.7. The Labute approximate surface area is 184 Å². The van der Waals surface area contributed by atoms with Gasteiger partial charge >= 0.3 is 0 Å². The van der Waals surface area contributed by atoms with Crippen LogP contribution in [0.1, 0.15) is 43.1 Å². The highest BCUT2D eigenvalue weighted by Gasteiger charge is 2.20. The summed E-state index contributed by atoms with van der Waals surface area (Å²) in [6, 6.07) is 13.0. The Kier molecular flexibility index (Phi) is 6.81. The average molecular weight is 433 g/mol. The standard InChI is InChI=1S/C23H23N5O4/c1-13-20(30)18(12-29)15(10-26-13)11-27-23(32)17-9-5-8-16(21(24)25)19(17)28-22(31)14-6-3-2-4-7-14/h2-10,29-30H,11-12H2,1H3,(H3,24,25)(H,27,32)(H,28,31). The first-order chi connectivity index (χ1) is 15.3. The van der Waals surface area contributed by atoms with Gasteiger partial charge in [-0.25, -0.2) is 0 Å². The van der Waals surface area contributed by atoms with Crippen molar-refractivity contribution in [1.29, 1.82) is 5.41 Å². The number of nitrogens with zero attached hydrogens (tertiary/aromatic N) is 1. The third kappa shape index (κ3) is 4.73. The van der Waals surface area contributed by atoms with E-state index in [1.165, 1.54) is 18.3 Å². The second-order valence-electron chi connectivity index (χ2n) is 7.00. The molecule has 3 aromatic rings. The highest BCUT2D eigenvalue weighted by molar-refractivity contribution is 6.14. The molecule has 32 heavy (non-hydrogen) atoms. The molecule has 7 N–H and O–H groups in total. The molecule has 0 bridgehead atoms. The predicted octanol–water partition coefficient (Wildman–Crippen LogP) is 2.05. The second-order valence-corrected chi connectivity index (χ2v) is 7.00. The maximum atomic E-state index is 13.0. The summed E-state index contributed by atoms with van der Waals surface area (Å²) in [6.07, 6.45) is 1.46. The molecule has 0 radical (unpaired) electrons. The van der Waals surface area contributed by atoms with Gasteiger partial charge in [0.25, 0.3) is 11.8 Å². The van der Waals surface area contributed by atoms with Crippen LogP contribution in [0.4, 0.5) is 5.69 Å². The summed E-state index contributed by atoms with van der Waals surface area (Å²) in [5.41, 5.74) is 7.55. The van der Waals surface area contributed by atoms with E-state index in [-0.39, 0.29) is 40.5 Å². The van der Waals surface area contributed by atoms with Gasteiger partial charge < -0.3 is 26.6 Å². The third-order valence-corrected chi connectivity index (χ3v) is 4.90. The maximum Gasteiger partial charge on any atom is 0.255 e. The quantitative estimate of drug-likeness (QED) is 0.247. The van der Waals surface area contributed by atoms with Crippen molar-refractivity contribution in [3.63, 3.8) is 0 Å². The second kappa shape index (κ2) is 9.71. The lowest BCUT2D eigenvalue weighted by atomic mass is 10.0. The number of nitrogen functional groups attached to an aromatic ring is 1. The van der Waals surface area contributed by atoms with Crippen LogP contribution < -0.4 is 16.4 Å². The first kappa shape index (κ1) is 22.4. The van der Waals surface area contributed by atoms with Crippen LogP contribution in [-0.4, -0.2) is 32.8 Å². The number of carbonyl (C=O) groups is 2. The van der Waals surface area contributed by atoms with Crippen LogP contribution in [0.3, 0.4) is 0 Å². The summed E-state index contributed by atoms with van der Waals surface area (Å²) in [5, 5.41) is 32.9. The summed E-state index contributed by atoms with van der Waals surface area (Å²) >= 11 is 0. The van der Waals surface area contributed by atoms with Gasteiger partial charge in [-0.1, -0.05) is 24.3 Å². The molecule has 0 aliphatic rings. The highest BCUT2D eigenvalue weighted by Crippen LogP contribution is 2.25. The molecule has 0 aliphatic heterocycles. The normalized spacial score (nSPS) is 10.4. The molecule has 0 saturated heterocycles. The van der Waals surface area contributed by atoms with E-state index in [1.54, 1.807) is 43.3 Å². The van der Waals surface area contributed by atoms with Gasteiger partial charge in [0.15, 0.2) is 0 Å². The lowest BCUT2D eigenvalue weighted by Gasteiger charge is -2.16. The fraction of sp³-hybridized carbons (Fsp3) is 0.130. The lowest BCUT2D eigenvalue weighted by Crippen LogP contribution is -2.27. The van der Waals surface area contributed by atoms with Gasteiger partial charge in [-0.3, -0.25) is 20.0 Å². The van der Waals surface area contributed by atoms with Crippen molar-refractivity contribution in [2.24, 2.45) is 5.73 Å². The molecule has 9 heteroatoms. The Morgan fingerprint density at radius 2 is 1.75 bits per heavy atom. The van der Waals surface area contributed by atoms with E-state index in [9.17, 15) is 19.8 Å². The van der Waals surface area contributed by atoms with Crippen molar-refractivity contribution in [2.75, 3.05) is 5.32 Å². The molecule has 2 aromatic carbocycles. The zero-order chi connectivity index (χ0) is 23.3. The van der Waals surface area contributed by atoms with Crippen LogP contribution in [0.25, 0.3) is 0 Å². The van der Waals surface area contributed by atoms with Gasteiger partial charge in [0.05, 0.1) is 23.6 Å². The maximum absolute atomic E-state index is 13.0. The molecule has 1 heterocycles. The van der Waals surface area contributed by atoms with E-state index in [0.717, 1.165) is 0 Å². The Bertz CT molecular complexity index is 1180. The Hall–Kier alpha value is -4.24. The van der Waals surface area contributed by atoms with Gasteiger partial charge in [-0.05, 0) is 36.8 Å². The number of carbonyl (C=O) groups excluding carboxylic acids is 2. The Balaban J connectivity index is 1.90. The number of aromatic nitrogens is 1. The van der Waals surface area contributed by atoms with E-state index in [4.69, 9.17) is 11.1 Å². The van der Waals surface area contributed by atoms with E-state index >= 15 is 0 Å². The molecule has 0 unspecified atom stereocenters. The predicted molar refractivity (Wildman–Crippen MR) is 120 cm³/mol. The number of benzene rings is 2. The zero-order valence-corrected chi connectivity index (χ0v) is 17.3. The summed E-state index contributed by atoms with van der Waals surface area (Å²) < 4.78 is 0. The fourth-order valence-electron chi connectivity index (χ4n) is 3.16. The molecule has 9 nitrogen and oxygen atoms in total. The first-order valence-electron chi connectivity index (χ1n) is 9.72. The number of anilines is 1. The van der Waals surface area contributed by atoms with Gasteiger partial charge in [-0.2, -0.15) is 0 Å². The third-order valence-electron chi connectivity index (χ3n) is 4.90. The SMILES string of the molecule is Cc1ncc(CNC(=O)c2cccc(C(=N)N)c2NC(=O)c2ccccc2)c(CO)c1O. The molecule has 0 saturated carbocycles. The van der Waals surface area contributed by atoms with Gasteiger partial charge in [0.1, 0.15) is 11.6 Å². The number of nitrogens with one attached hydrogen (secondary N) is 3. The summed E-state index contributed by atoms with van der Waals surface area (Å²) in [6.45, 7) is 1.16. The monoisotopic (exact) mass is 433 g/mol. The topological polar surface area (TPSA) is 161 Å². The van der Waals surface area contributed by atoms with Crippen molar-refractivity contribution < 1.29 is 19.8 Å². The minimum atomic E-state index is -0.541. The van der Waals surface area contributed by atoms with Crippen LogP contribution >= 0.6 is 0 Å².